The fraction of sp³-hybridized carbons (Fsp3) is 0.167. The van der Waals surface area contributed by atoms with Crippen LogP contribution in [0, 0.1) is 19.7 Å². The lowest BCUT2D eigenvalue weighted by Gasteiger charge is -2.04. The number of aryl methyl sites for hydroxylation is 1. The van der Waals surface area contributed by atoms with Crippen molar-refractivity contribution in [3.63, 3.8) is 0 Å². The highest BCUT2D eigenvalue weighted by Crippen LogP contribution is 2.16. The topological polar surface area (TPSA) is 59.3 Å². The van der Waals surface area contributed by atoms with E-state index in [0.717, 1.165) is 27.5 Å². The van der Waals surface area contributed by atoms with Crippen LogP contribution in [-0.2, 0) is 11.2 Å². The molecule has 0 atom stereocenters. The highest BCUT2D eigenvalue weighted by Gasteiger charge is 2.11. The Balaban J connectivity index is 1.72. The molecule has 25 heavy (non-hydrogen) atoms. The van der Waals surface area contributed by atoms with Gasteiger partial charge in [0.1, 0.15) is 5.82 Å². The van der Waals surface area contributed by atoms with Crippen molar-refractivity contribution in [3.8, 4) is 5.69 Å². The van der Waals surface area contributed by atoms with E-state index in [-0.39, 0.29) is 11.7 Å². The number of hydrogen-bond donors (Lipinski definition) is 1. The van der Waals surface area contributed by atoms with Gasteiger partial charge >= 0.3 is 0 Å². The molecule has 1 amide bonds. The number of hydrogen-bond acceptors (Lipinski definition) is 4. The third-order valence-corrected chi connectivity index (χ3v) is 4.59. The Morgan fingerprint density at radius 2 is 2.08 bits per heavy atom. The van der Waals surface area contributed by atoms with Gasteiger partial charge < -0.3 is 0 Å². The predicted molar refractivity (Wildman–Crippen MR) is 96.8 cm³/mol. The molecule has 0 fully saturated rings. The Hall–Kier alpha value is -2.80. The summed E-state index contributed by atoms with van der Waals surface area (Å²) < 4.78 is 14.8. The fourth-order valence-corrected chi connectivity index (χ4v) is 3.16. The molecule has 0 radical (unpaired) electrons. The molecule has 2 aromatic heterocycles. The first-order valence-corrected chi connectivity index (χ1v) is 8.59. The van der Waals surface area contributed by atoms with Crippen molar-refractivity contribution in [1.82, 2.24) is 15.2 Å². The second-order valence-electron chi connectivity index (χ2n) is 5.52. The van der Waals surface area contributed by atoms with Gasteiger partial charge in [0.2, 0.25) is 5.91 Å². The number of halogens is 1. The van der Waals surface area contributed by atoms with Crippen molar-refractivity contribution < 1.29 is 9.18 Å². The number of aromatic nitrogens is 2. The first-order valence-electron chi connectivity index (χ1n) is 7.71. The Kier molecular flexibility index (Phi) is 5.04. The van der Waals surface area contributed by atoms with Gasteiger partial charge in [-0.1, -0.05) is 6.07 Å². The van der Waals surface area contributed by atoms with Gasteiger partial charge in [0, 0.05) is 10.4 Å². The molecule has 0 bridgehead atoms. The van der Waals surface area contributed by atoms with E-state index in [0.29, 0.717) is 6.42 Å². The van der Waals surface area contributed by atoms with E-state index < -0.39 is 0 Å². The van der Waals surface area contributed by atoms with Crippen LogP contribution < -0.4 is 5.43 Å². The van der Waals surface area contributed by atoms with E-state index in [1.54, 1.807) is 23.0 Å². The van der Waals surface area contributed by atoms with Crippen LogP contribution in [0.1, 0.15) is 21.8 Å². The molecule has 3 rings (SSSR count). The lowest BCUT2D eigenvalue weighted by molar-refractivity contribution is -0.120. The normalized spacial score (nSPS) is 11.2. The molecule has 128 valence electrons. The van der Waals surface area contributed by atoms with Gasteiger partial charge in [-0.2, -0.15) is 10.2 Å². The lowest BCUT2D eigenvalue weighted by atomic mass is 10.2. The average molecular weight is 356 g/mol. The van der Waals surface area contributed by atoms with Crippen LogP contribution in [0.2, 0.25) is 0 Å². The maximum Gasteiger partial charge on any atom is 0.245 e. The minimum Gasteiger partial charge on any atom is -0.273 e. The summed E-state index contributed by atoms with van der Waals surface area (Å²) in [6.07, 6.45) is 1.89. The smallest absolute Gasteiger partial charge is 0.245 e. The summed E-state index contributed by atoms with van der Waals surface area (Å²) in [7, 11) is 0. The molecule has 0 saturated carbocycles. The number of nitrogens with one attached hydrogen (secondary N) is 1. The van der Waals surface area contributed by atoms with Gasteiger partial charge in [0.05, 0.1) is 29.7 Å². The van der Waals surface area contributed by atoms with Gasteiger partial charge in [-0.25, -0.2) is 14.5 Å². The Morgan fingerprint density at radius 3 is 2.76 bits per heavy atom. The van der Waals surface area contributed by atoms with Crippen LogP contribution >= 0.6 is 11.3 Å². The third-order valence-electron chi connectivity index (χ3n) is 3.72. The minimum absolute atomic E-state index is 0.167. The Bertz CT molecular complexity index is 898. The molecule has 7 heteroatoms. The van der Waals surface area contributed by atoms with Gasteiger partial charge in [-0.15, -0.1) is 11.3 Å². The van der Waals surface area contributed by atoms with Crippen molar-refractivity contribution in [2.24, 2.45) is 5.10 Å². The average Bonchev–Trinajstić information content (AvgIpc) is 3.18. The maximum absolute atomic E-state index is 13.1. The largest absolute Gasteiger partial charge is 0.273 e. The van der Waals surface area contributed by atoms with Crippen LogP contribution in [0.4, 0.5) is 4.39 Å². The number of carbonyl (C=O) groups excluding carboxylic acids is 1. The molecule has 1 aromatic carbocycles. The second kappa shape index (κ2) is 7.40. The first-order chi connectivity index (χ1) is 12.0. The van der Waals surface area contributed by atoms with E-state index >= 15 is 0 Å². The molecule has 5 nitrogen and oxygen atoms in total. The van der Waals surface area contributed by atoms with Crippen LogP contribution in [0.15, 0.2) is 46.9 Å². The number of nitrogens with zero attached hydrogens (tertiary/aromatic N) is 3. The third kappa shape index (κ3) is 4.00. The molecule has 0 spiro atoms. The maximum atomic E-state index is 13.1. The molecule has 0 saturated heterocycles. The Labute approximate surface area is 148 Å². The zero-order chi connectivity index (χ0) is 17.8. The number of hydrazone groups is 1. The lowest BCUT2D eigenvalue weighted by Crippen LogP contribution is -2.19. The summed E-state index contributed by atoms with van der Waals surface area (Å²) in [6.45, 7) is 3.76. The van der Waals surface area contributed by atoms with Gasteiger partial charge in [0.25, 0.3) is 0 Å². The van der Waals surface area contributed by atoms with Crippen LogP contribution in [0.25, 0.3) is 5.69 Å². The number of rotatable bonds is 5. The number of carbonyl (C=O) groups is 1. The van der Waals surface area contributed by atoms with Gasteiger partial charge in [0.15, 0.2) is 0 Å². The van der Waals surface area contributed by atoms with E-state index in [9.17, 15) is 9.18 Å². The van der Waals surface area contributed by atoms with Gasteiger partial charge in [-0.3, -0.25) is 4.79 Å². The summed E-state index contributed by atoms with van der Waals surface area (Å²) in [5.74, 6) is -0.458. The summed E-state index contributed by atoms with van der Waals surface area (Å²) in [5, 5.41) is 10.4. The quantitative estimate of drug-likeness (QED) is 0.563. The van der Waals surface area contributed by atoms with Gasteiger partial charge in [-0.05, 0) is 49.6 Å². The SMILES string of the molecule is Cc1nn(-c2ccc(F)cc2)c(C)c1/C=N\NC(=O)Cc1cccs1. The standard InChI is InChI=1S/C18H17FN4OS/c1-12-17(11-20-21-18(24)10-16-4-3-9-25-16)13(2)23(22-12)15-7-5-14(19)6-8-15/h3-9,11H,10H2,1-2H3,(H,21,24)/b20-11-. The molecule has 0 aliphatic heterocycles. The number of thiophene rings is 1. The first kappa shape index (κ1) is 17.0. The molecule has 0 aliphatic carbocycles. The van der Waals surface area contributed by atoms with Crippen LogP contribution in [0.3, 0.4) is 0 Å². The molecular weight excluding hydrogens is 339 g/mol. The highest BCUT2D eigenvalue weighted by atomic mass is 32.1. The van der Waals surface area contributed by atoms with Crippen LogP contribution in [-0.4, -0.2) is 21.9 Å². The second-order valence-corrected chi connectivity index (χ2v) is 6.55. The highest BCUT2D eigenvalue weighted by molar-refractivity contribution is 7.10. The molecule has 0 aliphatic rings. The molecule has 0 unspecified atom stereocenters. The molecule has 3 aromatic rings. The Morgan fingerprint density at radius 1 is 1.32 bits per heavy atom. The zero-order valence-electron chi connectivity index (χ0n) is 13.9. The number of amides is 1. The molecule has 1 N–H and O–H groups in total. The van der Waals surface area contributed by atoms with Crippen molar-refractivity contribution >= 4 is 23.5 Å². The predicted octanol–water partition coefficient (Wildman–Crippen LogP) is 3.38. The van der Waals surface area contributed by atoms with Crippen molar-refractivity contribution in [3.05, 3.63) is 69.4 Å². The van der Waals surface area contributed by atoms with Crippen molar-refractivity contribution in [2.45, 2.75) is 20.3 Å². The van der Waals surface area contributed by atoms with E-state index in [1.807, 2.05) is 31.4 Å². The summed E-state index contributed by atoms with van der Waals surface area (Å²) in [6, 6.07) is 9.94. The summed E-state index contributed by atoms with van der Waals surface area (Å²) >= 11 is 1.54. The van der Waals surface area contributed by atoms with E-state index in [4.69, 9.17) is 0 Å². The van der Waals surface area contributed by atoms with Crippen molar-refractivity contribution in [1.29, 1.82) is 0 Å². The van der Waals surface area contributed by atoms with E-state index in [2.05, 4.69) is 15.6 Å². The van der Waals surface area contributed by atoms with Crippen molar-refractivity contribution in [2.75, 3.05) is 0 Å². The van der Waals surface area contributed by atoms with E-state index in [1.165, 1.54) is 23.5 Å². The number of benzene rings is 1. The zero-order valence-corrected chi connectivity index (χ0v) is 14.7. The summed E-state index contributed by atoms with van der Waals surface area (Å²) in [5.41, 5.74) is 5.76. The molecular formula is C18H17FN4OS. The van der Waals surface area contributed by atoms with Crippen LogP contribution in [0.5, 0.6) is 0 Å². The minimum atomic E-state index is -0.291. The molecule has 2 heterocycles. The fourth-order valence-electron chi connectivity index (χ4n) is 2.46. The monoisotopic (exact) mass is 356 g/mol. The summed E-state index contributed by atoms with van der Waals surface area (Å²) in [4.78, 5) is 12.8.